The van der Waals surface area contributed by atoms with Gasteiger partial charge in [0, 0.05) is 13.1 Å². The van der Waals surface area contributed by atoms with Crippen molar-refractivity contribution in [2.45, 2.75) is 169 Å². The first-order chi connectivity index (χ1) is 28.0. The molecule has 3 fully saturated rings. The monoisotopic (exact) mass is 804 g/mol. The Morgan fingerprint density at radius 1 is 0.431 bits per heavy atom. The van der Waals surface area contributed by atoms with Gasteiger partial charge in [0.2, 0.25) is 0 Å². The van der Waals surface area contributed by atoms with E-state index in [1.165, 1.54) is 50.9 Å². The summed E-state index contributed by atoms with van der Waals surface area (Å²) < 4.78 is 34.1. The van der Waals surface area contributed by atoms with Crippen LogP contribution in [0.1, 0.15) is 155 Å². The largest absolute Gasteiger partial charge is 0.341 e. The van der Waals surface area contributed by atoms with Crippen molar-refractivity contribution in [2.75, 3.05) is 13.1 Å². The molecule has 3 heterocycles. The average Bonchev–Trinajstić information content (AvgIpc) is 3.54. The first-order valence-electron chi connectivity index (χ1n) is 22.8. The van der Waals surface area contributed by atoms with E-state index in [0.717, 1.165) is 99.6 Å². The van der Waals surface area contributed by atoms with Crippen LogP contribution in [0.4, 0.5) is 0 Å². The van der Waals surface area contributed by atoms with Crippen molar-refractivity contribution < 1.29 is 18.5 Å². The lowest BCUT2D eigenvalue weighted by Gasteiger charge is -2.43. The Kier molecular flexibility index (Phi) is 13.4. The Morgan fingerprint density at radius 2 is 0.690 bits per heavy atom. The fourth-order valence-electron chi connectivity index (χ4n) is 9.62. The maximum absolute atomic E-state index is 8.20. The minimum Gasteiger partial charge on any atom is -0.341 e. The zero-order valence-electron chi connectivity index (χ0n) is 37.3. The summed E-state index contributed by atoms with van der Waals surface area (Å²) in [6.07, 6.45) is 9.74. The molecule has 3 aliphatic rings. The van der Waals surface area contributed by atoms with Gasteiger partial charge in [0.1, 0.15) is 12.2 Å². The summed E-state index contributed by atoms with van der Waals surface area (Å²) in [7, 11) is -1.68. The van der Waals surface area contributed by atoms with Crippen molar-refractivity contribution in [2.24, 2.45) is 0 Å². The van der Waals surface area contributed by atoms with Crippen molar-refractivity contribution in [3.8, 4) is 0 Å². The molecule has 0 spiro atoms. The molecule has 0 bridgehead atoms. The molecule has 6 heteroatoms. The quantitative estimate of drug-likeness (QED) is 0.126. The summed E-state index contributed by atoms with van der Waals surface area (Å²) in [5.41, 5.74) is 12.9. The van der Waals surface area contributed by atoms with Crippen molar-refractivity contribution in [1.82, 2.24) is 4.67 Å². The van der Waals surface area contributed by atoms with E-state index in [9.17, 15) is 0 Å². The standard InChI is InChI=1S/C52H70NO4P/c1-11-36-24-37(12-2)29-44(28-36)51(45-30-38(13-3)25-39(14-4)31-45)48-49(55-50(9,10)54-48)52(46-32-40(15-5)26-41(16-6)33-46,47-34-42(17-7)27-43(18-8)35-47)57-58(56-51)53-22-20-19-21-23-53/h24-35,48-49H,11-23H2,1-10H3/t48-,49-/m1/s1. The molecule has 4 aromatic rings. The van der Waals surface area contributed by atoms with Crippen LogP contribution in [-0.2, 0) is 81.1 Å². The maximum Gasteiger partial charge on any atom is 0.261 e. The number of hydrogen-bond acceptors (Lipinski definition) is 5. The third-order valence-corrected chi connectivity index (χ3v) is 14.8. The summed E-state index contributed by atoms with van der Waals surface area (Å²) >= 11 is 0. The number of ether oxygens (including phenoxy) is 2. The van der Waals surface area contributed by atoms with Crippen LogP contribution in [0.25, 0.3) is 0 Å². The van der Waals surface area contributed by atoms with Gasteiger partial charge in [0.25, 0.3) is 8.53 Å². The zero-order chi connectivity index (χ0) is 41.2. The predicted octanol–water partition coefficient (Wildman–Crippen LogP) is 12.7. The molecule has 0 N–H and O–H groups in total. The van der Waals surface area contributed by atoms with Crippen LogP contribution in [-0.4, -0.2) is 35.8 Å². The van der Waals surface area contributed by atoms with Crippen LogP contribution in [0.5, 0.6) is 0 Å². The number of fused-ring (bicyclic) bond motifs is 1. The highest BCUT2D eigenvalue weighted by Gasteiger charge is 2.67. The topological polar surface area (TPSA) is 40.2 Å². The molecule has 7 rings (SSSR count). The molecule has 3 saturated heterocycles. The molecule has 0 aromatic heterocycles. The Bertz CT molecular complexity index is 1710. The summed E-state index contributed by atoms with van der Waals surface area (Å²) in [5.74, 6) is -0.929. The fraction of sp³-hybridized carbons (Fsp3) is 0.538. The number of nitrogens with zero attached hydrogens (tertiary/aromatic N) is 1. The smallest absolute Gasteiger partial charge is 0.261 e. The zero-order valence-corrected chi connectivity index (χ0v) is 38.2. The molecule has 312 valence electrons. The lowest BCUT2D eigenvalue weighted by molar-refractivity contribution is -0.175. The van der Waals surface area contributed by atoms with Crippen molar-refractivity contribution >= 4 is 8.53 Å². The first-order valence-corrected chi connectivity index (χ1v) is 23.9. The van der Waals surface area contributed by atoms with Gasteiger partial charge in [-0.3, -0.25) is 0 Å². The Morgan fingerprint density at radius 3 is 0.931 bits per heavy atom. The lowest BCUT2D eigenvalue weighted by Crippen LogP contribution is -2.54. The van der Waals surface area contributed by atoms with E-state index in [4.69, 9.17) is 18.5 Å². The highest BCUT2D eigenvalue weighted by Crippen LogP contribution is 2.66. The van der Waals surface area contributed by atoms with Gasteiger partial charge in [-0.2, -0.15) is 0 Å². The van der Waals surface area contributed by atoms with E-state index < -0.39 is 37.7 Å². The summed E-state index contributed by atoms with van der Waals surface area (Å²) in [6.45, 7) is 24.1. The molecule has 2 atom stereocenters. The van der Waals surface area contributed by atoms with Gasteiger partial charge in [0.05, 0.1) is 0 Å². The molecule has 5 nitrogen and oxygen atoms in total. The molecular formula is C52H70NO4P. The minimum absolute atomic E-state index is 0.570. The van der Waals surface area contributed by atoms with Crippen LogP contribution in [0, 0.1) is 0 Å². The maximum atomic E-state index is 8.20. The molecule has 4 aromatic carbocycles. The number of rotatable bonds is 13. The van der Waals surface area contributed by atoms with E-state index in [1.54, 1.807) is 0 Å². The van der Waals surface area contributed by atoms with Crippen LogP contribution in [0.2, 0.25) is 0 Å². The summed E-state index contributed by atoms with van der Waals surface area (Å²) in [4.78, 5) is 0. The number of piperidine rings is 1. The average molecular weight is 804 g/mol. The summed E-state index contributed by atoms with van der Waals surface area (Å²) in [5, 5.41) is 0. The normalized spacial score (nSPS) is 21.8. The first kappa shape index (κ1) is 43.2. The molecule has 0 radical (unpaired) electrons. The number of benzene rings is 4. The fourth-order valence-corrected chi connectivity index (χ4v) is 11.6. The van der Waals surface area contributed by atoms with E-state index in [0.29, 0.717) is 0 Å². The molecule has 0 unspecified atom stereocenters. The van der Waals surface area contributed by atoms with Gasteiger partial charge in [-0.15, -0.1) is 0 Å². The van der Waals surface area contributed by atoms with E-state index in [-0.39, 0.29) is 0 Å². The third-order valence-electron chi connectivity index (χ3n) is 13.1. The second kappa shape index (κ2) is 18.0. The highest BCUT2D eigenvalue weighted by molar-refractivity contribution is 7.44. The van der Waals surface area contributed by atoms with Crippen LogP contribution < -0.4 is 0 Å². The lowest BCUT2D eigenvalue weighted by atomic mass is 9.70. The number of hydrogen-bond donors (Lipinski definition) is 0. The SMILES string of the molecule is CCc1cc(CC)cc(C2(c3cc(CC)cc(CC)c3)OP(N3CCCCC3)OC(c3cc(CC)cc(CC)c3)(c3cc(CC)cc(CC)c3)[C@@H]3OC(C)(C)O[C@H]32)c1. The van der Waals surface area contributed by atoms with E-state index >= 15 is 0 Å². The predicted molar refractivity (Wildman–Crippen MR) is 241 cm³/mol. The van der Waals surface area contributed by atoms with Gasteiger partial charge < -0.3 is 18.5 Å². The molecule has 0 aliphatic carbocycles. The summed E-state index contributed by atoms with van der Waals surface area (Å²) in [6, 6.07) is 28.8. The Labute approximate surface area is 352 Å². The van der Waals surface area contributed by atoms with Gasteiger partial charge in [-0.25, -0.2) is 4.67 Å². The minimum atomic E-state index is -1.68. The highest BCUT2D eigenvalue weighted by atomic mass is 31.2. The van der Waals surface area contributed by atoms with Crippen LogP contribution in [0.3, 0.4) is 0 Å². The van der Waals surface area contributed by atoms with Gasteiger partial charge >= 0.3 is 0 Å². The van der Waals surface area contributed by atoms with Gasteiger partial charge in [-0.05, 0) is 145 Å². The second-order valence-electron chi connectivity index (χ2n) is 17.4. The van der Waals surface area contributed by atoms with E-state index in [2.05, 4.69) is 147 Å². The van der Waals surface area contributed by atoms with Gasteiger partial charge in [0.15, 0.2) is 17.0 Å². The van der Waals surface area contributed by atoms with Crippen molar-refractivity contribution in [3.63, 3.8) is 0 Å². The number of aryl methyl sites for hydroxylation is 8. The Hall–Kier alpha value is -2.89. The molecule has 0 saturated carbocycles. The molecule has 58 heavy (non-hydrogen) atoms. The van der Waals surface area contributed by atoms with Crippen molar-refractivity contribution in [3.05, 3.63) is 140 Å². The molecular weight excluding hydrogens is 734 g/mol. The Balaban J connectivity index is 1.67. The van der Waals surface area contributed by atoms with Crippen LogP contribution in [0.15, 0.2) is 72.8 Å². The van der Waals surface area contributed by atoms with Crippen molar-refractivity contribution in [1.29, 1.82) is 0 Å². The molecule has 0 amide bonds. The second-order valence-corrected chi connectivity index (χ2v) is 18.8. The molecule has 3 aliphatic heterocycles. The third kappa shape index (κ3) is 8.14. The van der Waals surface area contributed by atoms with Crippen LogP contribution >= 0.6 is 8.53 Å². The van der Waals surface area contributed by atoms with E-state index in [1.807, 2.05) is 0 Å². The van der Waals surface area contributed by atoms with Gasteiger partial charge in [-0.1, -0.05) is 135 Å².